The van der Waals surface area contributed by atoms with Crippen molar-refractivity contribution in [3.8, 4) is 0 Å². The summed E-state index contributed by atoms with van der Waals surface area (Å²) in [5.41, 5.74) is 2.51. The number of hydrogen-bond donors (Lipinski definition) is 1. The van der Waals surface area contributed by atoms with Gasteiger partial charge in [-0.25, -0.2) is 4.79 Å². The predicted molar refractivity (Wildman–Crippen MR) is 94.9 cm³/mol. The Morgan fingerprint density at radius 1 is 1.29 bits per heavy atom. The topological polar surface area (TPSA) is 53.4 Å². The maximum Gasteiger partial charge on any atom is 0.337 e. The molecule has 0 aliphatic carbocycles. The molecule has 2 aromatic rings. The van der Waals surface area contributed by atoms with E-state index in [1.54, 1.807) is 12.3 Å². The zero-order chi connectivity index (χ0) is 16.8. The smallest absolute Gasteiger partial charge is 0.337 e. The lowest BCUT2D eigenvalue weighted by Crippen LogP contribution is -2.21. The van der Waals surface area contributed by atoms with E-state index < -0.39 is 5.97 Å². The van der Waals surface area contributed by atoms with E-state index in [1.165, 1.54) is 11.8 Å². The van der Waals surface area contributed by atoms with E-state index in [-0.39, 0.29) is 5.56 Å². The lowest BCUT2D eigenvalue weighted by atomic mass is 9.99. The number of aromatic carboxylic acids is 1. The summed E-state index contributed by atoms with van der Waals surface area (Å²) in [6, 6.07) is 12.1. The molecule has 2 heterocycles. The van der Waals surface area contributed by atoms with Crippen molar-refractivity contribution in [2.75, 3.05) is 19.6 Å². The van der Waals surface area contributed by atoms with Gasteiger partial charge in [0.15, 0.2) is 0 Å². The van der Waals surface area contributed by atoms with Crippen molar-refractivity contribution in [1.29, 1.82) is 0 Å². The molecular weight excluding hydrogens is 300 g/mol. The maximum absolute atomic E-state index is 11.0. The van der Waals surface area contributed by atoms with E-state index in [0.29, 0.717) is 5.92 Å². The lowest BCUT2D eigenvalue weighted by molar-refractivity contribution is 0.0696. The largest absolute Gasteiger partial charge is 0.478 e. The molecule has 1 N–H and O–H groups in total. The predicted octanol–water partition coefficient (Wildman–Crippen LogP) is 3.36. The zero-order valence-electron chi connectivity index (χ0n) is 13.6. The molecule has 1 aromatic carbocycles. The Morgan fingerprint density at radius 3 is 2.92 bits per heavy atom. The van der Waals surface area contributed by atoms with Gasteiger partial charge in [0, 0.05) is 25.5 Å². The molecule has 0 saturated carbocycles. The van der Waals surface area contributed by atoms with Crippen LogP contribution in [0.5, 0.6) is 0 Å². The average Bonchev–Trinajstić information content (AvgIpc) is 3.03. The highest BCUT2D eigenvalue weighted by molar-refractivity contribution is 5.87. The third-order valence-corrected chi connectivity index (χ3v) is 4.41. The van der Waals surface area contributed by atoms with Crippen LogP contribution in [-0.4, -0.2) is 40.6 Å². The average molecular weight is 322 g/mol. The summed E-state index contributed by atoms with van der Waals surface area (Å²) in [7, 11) is 0. The number of nitrogens with zero attached hydrogens (tertiary/aromatic N) is 2. The first-order valence-corrected chi connectivity index (χ1v) is 8.32. The Bertz CT molecular complexity index is 713. The molecule has 4 nitrogen and oxygen atoms in total. The van der Waals surface area contributed by atoms with Gasteiger partial charge in [0.1, 0.15) is 0 Å². The van der Waals surface area contributed by atoms with E-state index in [1.807, 2.05) is 18.2 Å². The number of pyridine rings is 1. The molecule has 0 bridgehead atoms. The first-order chi connectivity index (χ1) is 11.7. The summed E-state index contributed by atoms with van der Waals surface area (Å²) in [6.45, 7) is 3.10. The van der Waals surface area contributed by atoms with Crippen LogP contribution in [0.4, 0.5) is 0 Å². The second-order valence-electron chi connectivity index (χ2n) is 6.32. The van der Waals surface area contributed by atoms with Gasteiger partial charge >= 0.3 is 5.97 Å². The van der Waals surface area contributed by atoms with Crippen molar-refractivity contribution < 1.29 is 9.90 Å². The van der Waals surface area contributed by atoms with Crippen LogP contribution in [0.15, 0.2) is 54.9 Å². The number of carbonyl (C=O) groups is 1. The van der Waals surface area contributed by atoms with Gasteiger partial charge in [-0.15, -0.1) is 0 Å². The highest BCUT2D eigenvalue weighted by Gasteiger charge is 2.22. The molecule has 1 unspecified atom stereocenters. The van der Waals surface area contributed by atoms with Crippen molar-refractivity contribution >= 4 is 12.0 Å². The number of hydrogen-bond acceptors (Lipinski definition) is 3. The minimum absolute atomic E-state index is 0.271. The summed E-state index contributed by atoms with van der Waals surface area (Å²) in [4.78, 5) is 17.5. The van der Waals surface area contributed by atoms with Crippen LogP contribution < -0.4 is 0 Å². The summed E-state index contributed by atoms with van der Waals surface area (Å²) < 4.78 is 0. The van der Waals surface area contributed by atoms with Gasteiger partial charge in [0.2, 0.25) is 0 Å². The molecule has 24 heavy (non-hydrogen) atoms. The van der Waals surface area contributed by atoms with Gasteiger partial charge in [0.05, 0.1) is 5.56 Å². The quantitative estimate of drug-likeness (QED) is 0.886. The van der Waals surface area contributed by atoms with Gasteiger partial charge in [-0.2, -0.15) is 0 Å². The highest BCUT2D eigenvalue weighted by atomic mass is 16.4. The zero-order valence-corrected chi connectivity index (χ0v) is 13.6. The fourth-order valence-corrected chi connectivity index (χ4v) is 3.20. The second-order valence-corrected chi connectivity index (χ2v) is 6.32. The van der Waals surface area contributed by atoms with Crippen molar-refractivity contribution in [2.45, 2.75) is 12.8 Å². The third kappa shape index (κ3) is 4.52. The summed E-state index contributed by atoms with van der Waals surface area (Å²) in [6.07, 6.45) is 9.60. The Labute approximate surface area is 142 Å². The molecule has 1 aliphatic heterocycles. The number of aromatic nitrogens is 1. The lowest BCUT2D eigenvalue weighted by Gasteiger charge is -2.13. The number of carboxylic acids is 1. The van der Waals surface area contributed by atoms with Crippen LogP contribution in [-0.2, 0) is 6.42 Å². The molecule has 1 aliphatic rings. The Balaban J connectivity index is 1.49. The van der Waals surface area contributed by atoms with Crippen LogP contribution in [0.1, 0.15) is 27.9 Å². The molecule has 4 heteroatoms. The Hall–Kier alpha value is -2.46. The monoisotopic (exact) mass is 322 g/mol. The fraction of sp³-hybridized carbons (Fsp3) is 0.300. The van der Waals surface area contributed by atoms with Gasteiger partial charge in [0.25, 0.3) is 0 Å². The molecular formula is C20H22N2O2. The summed E-state index contributed by atoms with van der Waals surface area (Å²) in [5, 5.41) is 9.05. The van der Waals surface area contributed by atoms with Crippen LogP contribution in [0.2, 0.25) is 0 Å². The Kier molecular flexibility index (Phi) is 5.39. The Morgan fingerprint density at radius 2 is 2.12 bits per heavy atom. The fourth-order valence-electron chi connectivity index (χ4n) is 3.20. The standard InChI is InChI=1S/C20H22N2O2/c23-20(24)19-12-18(13-21-14-19)11-17-8-10-22(15-17)9-4-7-16-5-2-1-3-6-16/h1-7,12-14,17H,8-11,15H2,(H,23,24). The molecule has 1 saturated heterocycles. The molecule has 3 rings (SSSR count). The van der Waals surface area contributed by atoms with Crippen molar-refractivity contribution in [3.05, 3.63) is 71.6 Å². The van der Waals surface area contributed by atoms with Gasteiger partial charge in [-0.05, 0) is 42.5 Å². The molecule has 1 aromatic heterocycles. The van der Waals surface area contributed by atoms with E-state index in [0.717, 1.165) is 38.0 Å². The van der Waals surface area contributed by atoms with Crippen LogP contribution in [0.25, 0.3) is 6.08 Å². The molecule has 1 atom stereocenters. The van der Waals surface area contributed by atoms with Gasteiger partial charge in [-0.3, -0.25) is 9.88 Å². The minimum Gasteiger partial charge on any atom is -0.478 e. The van der Waals surface area contributed by atoms with Crippen molar-refractivity contribution in [3.63, 3.8) is 0 Å². The third-order valence-electron chi connectivity index (χ3n) is 4.41. The van der Waals surface area contributed by atoms with E-state index in [4.69, 9.17) is 5.11 Å². The first-order valence-electron chi connectivity index (χ1n) is 8.32. The summed E-state index contributed by atoms with van der Waals surface area (Å²) in [5.74, 6) is -0.343. The number of carboxylic acid groups (broad SMARTS) is 1. The first kappa shape index (κ1) is 16.4. The molecule has 0 amide bonds. The van der Waals surface area contributed by atoms with E-state index in [2.05, 4.69) is 34.2 Å². The molecule has 0 spiro atoms. The molecule has 0 radical (unpaired) electrons. The highest BCUT2D eigenvalue weighted by Crippen LogP contribution is 2.21. The van der Waals surface area contributed by atoms with Crippen molar-refractivity contribution in [2.24, 2.45) is 5.92 Å². The van der Waals surface area contributed by atoms with E-state index >= 15 is 0 Å². The van der Waals surface area contributed by atoms with Crippen LogP contribution >= 0.6 is 0 Å². The van der Waals surface area contributed by atoms with Gasteiger partial charge in [-0.1, -0.05) is 42.5 Å². The second kappa shape index (κ2) is 7.88. The molecule has 1 fully saturated rings. The molecule has 124 valence electrons. The SMILES string of the molecule is O=C(O)c1cncc(CC2CCN(CC=Cc3ccccc3)C2)c1. The van der Waals surface area contributed by atoms with Crippen molar-refractivity contribution in [1.82, 2.24) is 9.88 Å². The van der Waals surface area contributed by atoms with Crippen LogP contribution in [0.3, 0.4) is 0 Å². The van der Waals surface area contributed by atoms with Crippen LogP contribution in [0, 0.1) is 5.92 Å². The van der Waals surface area contributed by atoms with Gasteiger partial charge < -0.3 is 5.11 Å². The number of rotatable bonds is 6. The maximum atomic E-state index is 11.0. The minimum atomic E-state index is -0.913. The number of benzene rings is 1. The normalized spacial score (nSPS) is 18.2. The van der Waals surface area contributed by atoms with E-state index in [9.17, 15) is 4.79 Å². The number of likely N-dealkylation sites (tertiary alicyclic amines) is 1. The summed E-state index contributed by atoms with van der Waals surface area (Å²) >= 11 is 0.